The van der Waals surface area contributed by atoms with Gasteiger partial charge in [-0.15, -0.1) is 0 Å². The van der Waals surface area contributed by atoms with Gasteiger partial charge in [-0.05, 0) is 42.0 Å². The van der Waals surface area contributed by atoms with Crippen LogP contribution in [0.25, 0.3) is 33.3 Å². The van der Waals surface area contributed by atoms with E-state index in [1.807, 2.05) is 65.5 Å². The quantitative estimate of drug-likeness (QED) is 0.403. The van der Waals surface area contributed by atoms with Gasteiger partial charge >= 0.3 is 0 Å². The highest BCUT2D eigenvalue weighted by molar-refractivity contribution is 5.84. The Kier molecular flexibility index (Phi) is 4.53. The van der Waals surface area contributed by atoms with Crippen LogP contribution in [0.5, 0.6) is 11.5 Å². The fourth-order valence-corrected chi connectivity index (χ4v) is 4.08. The molecule has 156 valence electrons. The van der Waals surface area contributed by atoms with Crippen molar-refractivity contribution in [1.82, 2.24) is 19.7 Å². The van der Waals surface area contributed by atoms with E-state index in [0.717, 1.165) is 50.5 Å². The Hall–Kier alpha value is -4.19. The Labute approximate surface area is 185 Å². The average molecular weight is 420 g/mol. The lowest BCUT2D eigenvalue weighted by atomic mass is 10.0. The first-order valence-electron chi connectivity index (χ1n) is 10.6. The van der Waals surface area contributed by atoms with Crippen molar-refractivity contribution in [3.05, 3.63) is 91.0 Å². The minimum Gasteiger partial charge on any atom is -0.491 e. The fraction of sp³-hybridized carbons (Fsp3) is 0.115. The summed E-state index contributed by atoms with van der Waals surface area (Å²) in [6.07, 6.45) is 5.51. The molecule has 0 N–H and O–H groups in total. The summed E-state index contributed by atoms with van der Waals surface area (Å²) in [6, 6.07) is 22.1. The zero-order chi connectivity index (χ0) is 21.3. The number of para-hydroxylation sites is 1. The summed E-state index contributed by atoms with van der Waals surface area (Å²) < 4.78 is 14.1. The SMILES string of the molecule is c1ccc2nc(COc3ccc4c(c3)OCCn3ncc(-c5ccncc5)c3-4)ccc2c1. The molecular weight excluding hydrogens is 400 g/mol. The first kappa shape index (κ1) is 18.6. The van der Waals surface area contributed by atoms with Gasteiger partial charge in [0.15, 0.2) is 0 Å². The molecule has 0 unspecified atom stereocenters. The van der Waals surface area contributed by atoms with Crippen molar-refractivity contribution < 1.29 is 9.47 Å². The molecule has 1 aliphatic rings. The van der Waals surface area contributed by atoms with Crippen LogP contribution in [-0.4, -0.2) is 26.4 Å². The van der Waals surface area contributed by atoms with Gasteiger partial charge in [0.25, 0.3) is 0 Å². The predicted octanol–water partition coefficient (Wildman–Crippen LogP) is 5.13. The van der Waals surface area contributed by atoms with Crippen LogP contribution in [0.3, 0.4) is 0 Å². The molecule has 0 aliphatic carbocycles. The number of rotatable bonds is 4. The third-order valence-electron chi connectivity index (χ3n) is 5.64. The lowest BCUT2D eigenvalue weighted by Crippen LogP contribution is -2.06. The van der Waals surface area contributed by atoms with Gasteiger partial charge in [-0.25, -0.2) is 4.98 Å². The first-order chi connectivity index (χ1) is 15.8. The van der Waals surface area contributed by atoms with Crippen molar-refractivity contribution in [2.24, 2.45) is 0 Å². The number of nitrogens with zero attached hydrogens (tertiary/aromatic N) is 4. The first-order valence-corrected chi connectivity index (χ1v) is 10.6. The van der Waals surface area contributed by atoms with E-state index in [1.165, 1.54) is 0 Å². The lowest BCUT2D eigenvalue weighted by Gasteiger charge is -2.12. The van der Waals surface area contributed by atoms with Gasteiger partial charge in [0.1, 0.15) is 24.7 Å². The zero-order valence-corrected chi connectivity index (χ0v) is 17.3. The molecule has 0 spiro atoms. The summed E-state index contributed by atoms with van der Waals surface area (Å²) in [6.45, 7) is 1.63. The van der Waals surface area contributed by atoms with Crippen molar-refractivity contribution >= 4 is 10.9 Å². The third kappa shape index (κ3) is 3.36. The molecule has 6 heteroatoms. The van der Waals surface area contributed by atoms with Crippen molar-refractivity contribution in [3.63, 3.8) is 0 Å². The summed E-state index contributed by atoms with van der Waals surface area (Å²) in [7, 11) is 0. The van der Waals surface area contributed by atoms with Crippen molar-refractivity contribution in [2.45, 2.75) is 13.2 Å². The van der Waals surface area contributed by atoms with Crippen molar-refractivity contribution in [1.29, 1.82) is 0 Å². The zero-order valence-electron chi connectivity index (χ0n) is 17.3. The van der Waals surface area contributed by atoms with Crippen LogP contribution in [-0.2, 0) is 13.2 Å². The minimum atomic E-state index is 0.393. The van der Waals surface area contributed by atoms with Crippen molar-refractivity contribution in [3.8, 4) is 33.9 Å². The Bertz CT molecular complexity index is 1410. The van der Waals surface area contributed by atoms with Crippen molar-refractivity contribution in [2.75, 3.05) is 6.61 Å². The van der Waals surface area contributed by atoms with E-state index in [-0.39, 0.29) is 0 Å². The molecule has 6 nitrogen and oxygen atoms in total. The summed E-state index contributed by atoms with van der Waals surface area (Å²) in [5.74, 6) is 1.54. The molecule has 4 heterocycles. The van der Waals surface area contributed by atoms with Gasteiger partial charge < -0.3 is 9.47 Å². The maximum absolute atomic E-state index is 6.06. The van der Waals surface area contributed by atoms with Crippen LogP contribution in [0.2, 0.25) is 0 Å². The highest BCUT2D eigenvalue weighted by Crippen LogP contribution is 2.40. The average Bonchev–Trinajstić information content (AvgIpc) is 3.18. The van der Waals surface area contributed by atoms with Crippen LogP contribution in [0.4, 0.5) is 0 Å². The largest absolute Gasteiger partial charge is 0.491 e. The van der Waals surface area contributed by atoms with Gasteiger partial charge in [0.05, 0.1) is 29.6 Å². The highest BCUT2D eigenvalue weighted by atomic mass is 16.5. The summed E-state index contributed by atoms with van der Waals surface area (Å²) in [5.41, 5.74) is 6.05. The second-order valence-corrected chi connectivity index (χ2v) is 7.66. The number of hydrogen-bond acceptors (Lipinski definition) is 5. The van der Waals surface area contributed by atoms with Gasteiger partial charge in [-0.1, -0.05) is 24.3 Å². The second-order valence-electron chi connectivity index (χ2n) is 7.66. The second kappa shape index (κ2) is 7.81. The topological polar surface area (TPSA) is 62.1 Å². The van der Waals surface area contributed by atoms with Crippen LogP contribution in [0.1, 0.15) is 5.69 Å². The molecule has 0 fully saturated rings. The molecule has 6 rings (SSSR count). The molecule has 5 aromatic rings. The minimum absolute atomic E-state index is 0.393. The van der Waals surface area contributed by atoms with E-state index in [9.17, 15) is 0 Å². The normalized spacial score (nSPS) is 12.5. The molecule has 32 heavy (non-hydrogen) atoms. The standard InChI is InChI=1S/C26H20N4O2/c1-2-4-24-19(3-1)5-6-20(29-24)17-32-21-7-8-22-25(15-21)31-14-13-30-26(22)23(16-28-30)18-9-11-27-12-10-18/h1-12,15-16H,13-14,17H2. The van der Waals surface area contributed by atoms with Gasteiger partial charge in [0, 0.05) is 35.0 Å². The number of pyridine rings is 2. The molecule has 0 amide bonds. The third-order valence-corrected chi connectivity index (χ3v) is 5.64. The Morgan fingerprint density at radius 3 is 2.78 bits per heavy atom. The van der Waals surface area contributed by atoms with E-state index in [2.05, 4.69) is 27.2 Å². The molecule has 0 bridgehead atoms. The van der Waals surface area contributed by atoms with Gasteiger partial charge in [-0.3, -0.25) is 9.67 Å². The van der Waals surface area contributed by atoms with Gasteiger partial charge in [-0.2, -0.15) is 5.10 Å². The summed E-state index contributed by atoms with van der Waals surface area (Å²) >= 11 is 0. The fourth-order valence-electron chi connectivity index (χ4n) is 4.08. The number of benzene rings is 2. The molecule has 0 saturated heterocycles. The van der Waals surface area contributed by atoms with E-state index in [0.29, 0.717) is 19.8 Å². The number of hydrogen-bond donors (Lipinski definition) is 0. The van der Waals surface area contributed by atoms with Crippen LogP contribution < -0.4 is 9.47 Å². The lowest BCUT2D eigenvalue weighted by molar-refractivity contribution is 0.286. The van der Waals surface area contributed by atoms with E-state index in [1.54, 1.807) is 12.4 Å². The predicted molar refractivity (Wildman–Crippen MR) is 122 cm³/mol. The highest BCUT2D eigenvalue weighted by Gasteiger charge is 2.21. The maximum atomic E-state index is 6.06. The smallest absolute Gasteiger partial charge is 0.132 e. The van der Waals surface area contributed by atoms with E-state index < -0.39 is 0 Å². The molecule has 0 radical (unpaired) electrons. The molecule has 0 atom stereocenters. The van der Waals surface area contributed by atoms with Crippen LogP contribution in [0.15, 0.2) is 85.3 Å². The van der Waals surface area contributed by atoms with Crippen LogP contribution in [0, 0.1) is 0 Å². The number of fused-ring (bicyclic) bond motifs is 4. The van der Waals surface area contributed by atoms with Gasteiger partial charge in [0.2, 0.25) is 0 Å². The number of ether oxygens (including phenoxy) is 2. The summed E-state index contributed by atoms with van der Waals surface area (Å²) in [4.78, 5) is 8.82. The van der Waals surface area contributed by atoms with E-state index >= 15 is 0 Å². The number of aromatic nitrogens is 4. The molecular formula is C26H20N4O2. The molecule has 3 aromatic heterocycles. The molecule has 0 saturated carbocycles. The Balaban J connectivity index is 1.30. The molecule has 2 aromatic carbocycles. The summed E-state index contributed by atoms with van der Waals surface area (Å²) in [5, 5.41) is 5.71. The molecule has 1 aliphatic heterocycles. The Morgan fingerprint density at radius 2 is 1.84 bits per heavy atom. The van der Waals surface area contributed by atoms with E-state index in [4.69, 9.17) is 9.47 Å². The Morgan fingerprint density at radius 1 is 0.938 bits per heavy atom. The maximum Gasteiger partial charge on any atom is 0.132 e. The van der Waals surface area contributed by atoms with Crippen LogP contribution >= 0.6 is 0 Å². The monoisotopic (exact) mass is 420 g/mol.